The first-order valence-electron chi connectivity index (χ1n) is 4.43. The first-order valence-corrected chi connectivity index (χ1v) is 4.43. The number of hydrogen-bond acceptors (Lipinski definition) is 4. The lowest BCUT2D eigenvalue weighted by Gasteiger charge is -2.11. The van der Waals surface area contributed by atoms with Crippen molar-refractivity contribution >= 4 is 11.5 Å². The Bertz CT molecular complexity index is 277. The fraction of sp³-hybridized carbons (Fsp3) is 0.667. The van der Waals surface area contributed by atoms with E-state index in [4.69, 9.17) is 5.26 Å². The van der Waals surface area contributed by atoms with Crippen LogP contribution < -0.4 is 0 Å². The van der Waals surface area contributed by atoms with Crippen LogP contribution in [0.4, 0.5) is 0 Å². The molecule has 0 aromatic heterocycles. The molecule has 1 atom stereocenters. The molecule has 0 bridgehead atoms. The zero-order valence-corrected chi connectivity index (χ0v) is 7.95. The summed E-state index contributed by atoms with van der Waals surface area (Å²) < 4.78 is 0. The third kappa shape index (κ3) is 2.05. The van der Waals surface area contributed by atoms with Crippen molar-refractivity contribution in [3.63, 3.8) is 0 Å². The summed E-state index contributed by atoms with van der Waals surface area (Å²) in [6.45, 7) is 4.88. The average molecular weight is 179 g/mol. The van der Waals surface area contributed by atoms with E-state index >= 15 is 0 Å². The van der Waals surface area contributed by atoms with Crippen molar-refractivity contribution in [2.45, 2.75) is 20.3 Å². The smallest absolute Gasteiger partial charge is 0.177 e. The van der Waals surface area contributed by atoms with E-state index in [0.717, 1.165) is 13.0 Å². The fourth-order valence-electron chi connectivity index (χ4n) is 1.38. The predicted octanol–water partition coefficient (Wildman–Crippen LogP) is 0.797. The van der Waals surface area contributed by atoms with Crippen LogP contribution >= 0.6 is 0 Å². The van der Waals surface area contributed by atoms with Crippen molar-refractivity contribution in [3.8, 4) is 6.07 Å². The van der Waals surface area contributed by atoms with Crippen LogP contribution in [-0.2, 0) is 4.79 Å². The van der Waals surface area contributed by atoms with Gasteiger partial charge in [-0.05, 0) is 6.42 Å². The summed E-state index contributed by atoms with van der Waals surface area (Å²) in [5.74, 6) is -0.422. The Kier molecular flexibility index (Phi) is 3.02. The maximum Gasteiger partial charge on any atom is 0.177 e. The average Bonchev–Trinajstić information content (AvgIpc) is 2.48. The molecule has 0 N–H and O–H groups in total. The highest BCUT2D eigenvalue weighted by Crippen LogP contribution is 2.13. The topological polar surface area (TPSA) is 56.5 Å². The Morgan fingerprint density at radius 1 is 1.85 bits per heavy atom. The Labute approximate surface area is 77.8 Å². The number of carbonyl (C=O) groups excluding carboxylic acids is 1. The van der Waals surface area contributed by atoms with Gasteiger partial charge in [0.25, 0.3) is 0 Å². The molecule has 0 aromatic rings. The van der Waals surface area contributed by atoms with Crippen LogP contribution in [0.3, 0.4) is 0 Å². The van der Waals surface area contributed by atoms with Crippen LogP contribution in [0.2, 0.25) is 0 Å². The molecule has 0 radical (unpaired) electrons. The SMILES string of the molecule is CCCN1CC(C#N)C(C(C)=O)=N1. The van der Waals surface area contributed by atoms with Gasteiger partial charge in [-0.1, -0.05) is 6.92 Å². The molecule has 0 spiro atoms. The quantitative estimate of drug-likeness (QED) is 0.643. The van der Waals surface area contributed by atoms with Gasteiger partial charge < -0.3 is 0 Å². The van der Waals surface area contributed by atoms with Gasteiger partial charge in [-0.3, -0.25) is 9.80 Å². The van der Waals surface area contributed by atoms with E-state index < -0.39 is 0 Å². The highest BCUT2D eigenvalue weighted by atomic mass is 16.1. The molecule has 13 heavy (non-hydrogen) atoms. The summed E-state index contributed by atoms with van der Waals surface area (Å²) in [7, 11) is 0. The molecule has 0 fully saturated rings. The highest BCUT2D eigenvalue weighted by Gasteiger charge is 2.28. The number of rotatable bonds is 3. The second kappa shape index (κ2) is 4.04. The summed E-state index contributed by atoms with van der Waals surface area (Å²) in [5.41, 5.74) is 0.413. The number of carbonyl (C=O) groups is 1. The summed E-state index contributed by atoms with van der Waals surface area (Å²) >= 11 is 0. The largest absolute Gasteiger partial charge is 0.295 e. The minimum Gasteiger partial charge on any atom is -0.295 e. The molecule has 0 aromatic carbocycles. The number of nitrogens with zero attached hydrogens (tertiary/aromatic N) is 3. The van der Waals surface area contributed by atoms with E-state index in [9.17, 15) is 4.79 Å². The Morgan fingerprint density at radius 2 is 2.54 bits per heavy atom. The molecule has 0 saturated carbocycles. The Hall–Kier alpha value is -1.37. The summed E-state index contributed by atoms with van der Waals surface area (Å²) in [6.07, 6.45) is 0.979. The van der Waals surface area contributed by atoms with Crippen molar-refractivity contribution < 1.29 is 4.79 Å². The van der Waals surface area contributed by atoms with Gasteiger partial charge in [0, 0.05) is 13.5 Å². The molecule has 1 heterocycles. The zero-order chi connectivity index (χ0) is 9.84. The lowest BCUT2D eigenvalue weighted by Crippen LogP contribution is -2.21. The Morgan fingerprint density at radius 3 is 2.92 bits per heavy atom. The zero-order valence-electron chi connectivity index (χ0n) is 7.95. The molecule has 1 rings (SSSR count). The molecule has 1 aliphatic rings. The van der Waals surface area contributed by atoms with E-state index in [1.165, 1.54) is 6.92 Å². The van der Waals surface area contributed by atoms with Crippen LogP contribution in [0.1, 0.15) is 20.3 Å². The van der Waals surface area contributed by atoms with Crippen molar-refractivity contribution in [1.29, 1.82) is 5.26 Å². The van der Waals surface area contributed by atoms with Crippen molar-refractivity contribution in [3.05, 3.63) is 0 Å². The number of hydrazone groups is 1. The standard InChI is InChI=1S/C9H13N3O/c1-3-4-12-6-8(5-10)9(11-12)7(2)13/h8H,3-4,6H2,1-2H3. The van der Waals surface area contributed by atoms with E-state index in [0.29, 0.717) is 12.3 Å². The first-order chi connectivity index (χ1) is 6.19. The minimum atomic E-state index is -0.330. The van der Waals surface area contributed by atoms with E-state index in [-0.39, 0.29) is 11.7 Å². The second-order valence-electron chi connectivity index (χ2n) is 3.14. The molecular formula is C9H13N3O. The first kappa shape index (κ1) is 9.72. The van der Waals surface area contributed by atoms with Gasteiger partial charge in [-0.2, -0.15) is 10.4 Å². The van der Waals surface area contributed by atoms with Gasteiger partial charge in [0.05, 0.1) is 12.6 Å². The van der Waals surface area contributed by atoms with E-state index in [1.54, 1.807) is 5.01 Å². The maximum absolute atomic E-state index is 11.1. The molecule has 1 aliphatic heterocycles. The Balaban J connectivity index is 2.72. The van der Waals surface area contributed by atoms with Crippen molar-refractivity contribution in [2.24, 2.45) is 11.0 Å². The van der Waals surface area contributed by atoms with Crippen LogP contribution in [0.15, 0.2) is 5.10 Å². The van der Waals surface area contributed by atoms with Crippen LogP contribution in [0.5, 0.6) is 0 Å². The number of hydrogen-bond donors (Lipinski definition) is 0. The molecule has 0 aliphatic carbocycles. The van der Waals surface area contributed by atoms with Gasteiger partial charge in [0.1, 0.15) is 11.6 Å². The van der Waals surface area contributed by atoms with Crippen LogP contribution in [0.25, 0.3) is 0 Å². The molecule has 0 amide bonds. The van der Waals surface area contributed by atoms with Gasteiger partial charge in [0.15, 0.2) is 5.78 Å². The summed E-state index contributed by atoms with van der Waals surface area (Å²) in [6, 6.07) is 2.09. The van der Waals surface area contributed by atoms with Crippen LogP contribution in [0, 0.1) is 17.2 Å². The molecule has 0 saturated heterocycles. The minimum absolute atomic E-state index is 0.0925. The second-order valence-corrected chi connectivity index (χ2v) is 3.14. The molecule has 4 heteroatoms. The monoisotopic (exact) mass is 179 g/mol. The van der Waals surface area contributed by atoms with Crippen LogP contribution in [-0.4, -0.2) is 29.6 Å². The maximum atomic E-state index is 11.1. The summed E-state index contributed by atoms with van der Waals surface area (Å²) in [4.78, 5) is 11.1. The summed E-state index contributed by atoms with van der Waals surface area (Å²) in [5, 5.41) is 14.7. The highest BCUT2D eigenvalue weighted by molar-refractivity contribution is 6.40. The van der Waals surface area contributed by atoms with Gasteiger partial charge in [0.2, 0.25) is 0 Å². The molecule has 70 valence electrons. The molecule has 4 nitrogen and oxygen atoms in total. The van der Waals surface area contributed by atoms with E-state index in [1.807, 2.05) is 6.92 Å². The lowest BCUT2D eigenvalue weighted by atomic mass is 10.0. The number of ketones is 1. The third-order valence-corrected chi connectivity index (χ3v) is 1.97. The fourth-order valence-corrected chi connectivity index (χ4v) is 1.38. The number of Topliss-reactive ketones (excluding diaryl/α,β-unsaturated/α-hetero) is 1. The third-order valence-electron chi connectivity index (χ3n) is 1.97. The molecule has 1 unspecified atom stereocenters. The normalized spacial score (nSPS) is 21.2. The predicted molar refractivity (Wildman–Crippen MR) is 49.1 cm³/mol. The van der Waals surface area contributed by atoms with E-state index in [2.05, 4.69) is 11.2 Å². The van der Waals surface area contributed by atoms with Gasteiger partial charge in [-0.25, -0.2) is 0 Å². The van der Waals surface area contributed by atoms with Crippen molar-refractivity contribution in [2.75, 3.05) is 13.1 Å². The molecular weight excluding hydrogens is 166 g/mol. The van der Waals surface area contributed by atoms with Gasteiger partial charge >= 0.3 is 0 Å². The lowest BCUT2D eigenvalue weighted by molar-refractivity contribution is -0.111. The van der Waals surface area contributed by atoms with Gasteiger partial charge in [-0.15, -0.1) is 0 Å². The van der Waals surface area contributed by atoms with Crippen molar-refractivity contribution in [1.82, 2.24) is 5.01 Å². The number of nitriles is 1.